The summed E-state index contributed by atoms with van der Waals surface area (Å²) in [6.07, 6.45) is 2.95. The molecular formula is C21H17ClN4O4. The summed E-state index contributed by atoms with van der Waals surface area (Å²) in [6, 6.07) is 10.1. The minimum absolute atomic E-state index is 0.140. The van der Waals surface area contributed by atoms with Gasteiger partial charge in [-0.05, 0) is 36.2 Å². The molecule has 0 aliphatic rings. The van der Waals surface area contributed by atoms with E-state index in [-0.39, 0.29) is 34.2 Å². The van der Waals surface area contributed by atoms with E-state index >= 15 is 0 Å². The van der Waals surface area contributed by atoms with Crippen molar-refractivity contribution in [1.29, 1.82) is 0 Å². The molecule has 0 bridgehead atoms. The Kier molecular flexibility index (Phi) is 5.24. The molecule has 2 aromatic heterocycles. The van der Waals surface area contributed by atoms with Crippen LogP contribution in [0.25, 0.3) is 11.0 Å². The highest BCUT2D eigenvalue weighted by atomic mass is 35.5. The number of carbonyl (C=O) groups is 1. The number of halogens is 1. The molecule has 152 valence electrons. The van der Waals surface area contributed by atoms with Crippen LogP contribution in [0.1, 0.15) is 16.7 Å². The monoisotopic (exact) mass is 424 g/mol. The Bertz CT molecular complexity index is 1280. The normalized spacial score (nSPS) is 11.0. The van der Waals surface area contributed by atoms with E-state index in [0.717, 1.165) is 5.56 Å². The number of phenols is 1. The Labute approximate surface area is 175 Å². The number of fused-ring (bicyclic) bond motifs is 1. The SMILES string of the molecule is Cc1c(CC(=O)Nc2ccc(Cn3cncn3)cc2)c(=O)oc2cc(O)c(Cl)cc12. The quantitative estimate of drug-likeness (QED) is 0.476. The third-order valence-electron chi connectivity index (χ3n) is 4.74. The molecule has 0 aliphatic heterocycles. The Morgan fingerprint density at radius 3 is 2.73 bits per heavy atom. The van der Waals surface area contributed by atoms with Crippen molar-refractivity contribution in [3.05, 3.63) is 81.2 Å². The van der Waals surface area contributed by atoms with Gasteiger partial charge in [0.25, 0.3) is 0 Å². The number of hydrogen-bond acceptors (Lipinski definition) is 6. The number of aromatic hydroxyl groups is 1. The van der Waals surface area contributed by atoms with Crippen LogP contribution < -0.4 is 10.9 Å². The molecule has 8 nitrogen and oxygen atoms in total. The molecule has 9 heteroatoms. The number of phenolic OH excluding ortho intramolecular Hbond substituents is 1. The predicted octanol–water partition coefficient (Wildman–Crippen LogP) is 3.28. The zero-order chi connectivity index (χ0) is 21.3. The minimum atomic E-state index is -0.625. The second-order valence-corrected chi connectivity index (χ2v) is 7.21. The van der Waals surface area contributed by atoms with Gasteiger partial charge in [0.15, 0.2) is 0 Å². The first-order valence-electron chi connectivity index (χ1n) is 9.06. The van der Waals surface area contributed by atoms with Gasteiger partial charge in [-0.2, -0.15) is 5.10 Å². The average Bonchev–Trinajstić information content (AvgIpc) is 3.22. The highest BCUT2D eigenvalue weighted by molar-refractivity contribution is 6.32. The number of benzene rings is 2. The van der Waals surface area contributed by atoms with Gasteiger partial charge >= 0.3 is 5.63 Å². The summed E-state index contributed by atoms with van der Waals surface area (Å²) < 4.78 is 6.95. The summed E-state index contributed by atoms with van der Waals surface area (Å²) in [5.74, 6) is -0.525. The van der Waals surface area contributed by atoms with Gasteiger partial charge in [0.05, 0.1) is 23.6 Å². The number of aromatic nitrogens is 3. The lowest BCUT2D eigenvalue weighted by molar-refractivity contribution is -0.115. The summed E-state index contributed by atoms with van der Waals surface area (Å²) >= 11 is 5.96. The predicted molar refractivity (Wildman–Crippen MR) is 112 cm³/mol. The average molecular weight is 425 g/mol. The van der Waals surface area contributed by atoms with Crippen LogP contribution in [-0.2, 0) is 17.8 Å². The summed E-state index contributed by atoms with van der Waals surface area (Å²) in [5, 5.41) is 17.2. The van der Waals surface area contributed by atoms with Crippen molar-refractivity contribution >= 4 is 34.2 Å². The Morgan fingerprint density at radius 2 is 2.03 bits per heavy atom. The van der Waals surface area contributed by atoms with Crippen molar-refractivity contribution in [3.8, 4) is 5.75 Å². The van der Waals surface area contributed by atoms with Crippen molar-refractivity contribution in [2.45, 2.75) is 19.9 Å². The molecule has 0 spiro atoms. The fourth-order valence-corrected chi connectivity index (χ4v) is 3.33. The molecule has 2 heterocycles. The van der Waals surface area contributed by atoms with E-state index in [0.29, 0.717) is 23.2 Å². The highest BCUT2D eigenvalue weighted by Crippen LogP contribution is 2.30. The molecule has 0 unspecified atom stereocenters. The fourth-order valence-electron chi connectivity index (χ4n) is 3.16. The van der Waals surface area contributed by atoms with Gasteiger partial charge in [-0.15, -0.1) is 0 Å². The van der Waals surface area contributed by atoms with Crippen LogP contribution in [0.4, 0.5) is 5.69 Å². The topological polar surface area (TPSA) is 110 Å². The van der Waals surface area contributed by atoms with E-state index in [2.05, 4.69) is 15.4 Å². The smallest absolute Gasteiger partial charge is 0.340 e. The lowest BCUT2D eigenvalue weighted by Gasteiger charge is -2.10. The molecule has 30 heavy (non-hydrogen) atoms. The first-order chi connectivity index (χ1) is 14.4. The summed E-state index contributed by atoms with van der Waals surface area (Å²) in [4.78, 5) is 28.8. The number of anilines is 1. The van der Waals surface area contributed by atoms with E-state index in [4.69, 9.17) is 16.0 Å². The van der Waals surface area contributed by atoms with Crippen molar-refractivity contribution in [1.82, 2.24) is 14.8 Å². The molecule has 4 rings (SSSR count). The molecule has 0 fully saturated rings. The van der Waals surface area contributed by atoms with Crippen molar-refractivity contribution in [3.63, 3.8) is 0 Å². The second-order valence-electron chi connectivity index (χ2n) is 6.81. The second kappa shape index (κ2) is 8.00. The van der Waals surface area contributed by atoms with Gasteiger partial charge < -0.3 is 14.8 Å². The van der Waals surface area contributed by atoms with Crippen LogP contribution in [0.3, 0.4) is 0 Å². The van der Waals surface area contributed by atoms with Crippen LogP contribution in [0.2, 0.25) is 5.02 Å². The van der Waals surface area contributed by atoms with Crippen LogP contribution in [0.5, 0.6) is 5.75 Å². The lowest BCUT2D eigenvalue weighted by atomic mass is 10.0. The molecular weight excluding hydrogens is 408 g/mol. The molecule has 0 radical (unpaired) electrons. The van der Waals surface area contributed by atoms with E-state index in [1.807, 2.05) is 12.1 Å². The minimum Gasteiger partial charge on any atom is -0.506 e. The lowest BCUT2D eigenvalue weighted by Crippen LogP contribution is -2.20. The molecule has 0 saturated carbocycles. The van der Waals surface area contributed by atoms with Crippen LogP contribution in [0.15, 0.2) is 58.3 Å². The zero-order valence-corrected chi connectivity index (χ0v) is 16.7. The van der Waals surface area contributed by atoms with Crippen molar-refractivity contribution in [2.75, 3.05) is 5.32 Å². The number of hydrogen-bond donors (Lipinski definition) is 2. The third kappa shape index (κ3) is 4.04. The first kappa shape index (κ1) is 19.7. The molecule has 0 saturated heterocycles. The highest BCUT2D eigenvalue weighted by Gasteiger charge is 2.16. The van der Waals surface area contributed by atoms with Crippen LogP contribution in [0, 0.1) is 6.92 Å². The number of nitrogens with one attached hydrogen (secondary N) is 1. The van der Waals surface area contributed by atoms with Gasteiger partial charge in [-0.3, -0.25) is 4.79 Å². The van der Waals surface area contributed by atoms with Gasteiger partial charge in [0, 0.05) is 17.1 Å². The van der Waals surface area contributed by atoms with Crippen molar-refractivity contribution in [2.24, 2.45) is 0 Å². The standard InChI is InChI=1S/C21H17ClN4O4/c1-12-15-6-17(22)18(27)8-19(15)30-21(29)16(12)7-20(28)25-14-4-2-13(3-5-14)9-26-11-23-10-24-26/h2-6,8,10-11,27H,7,9H2,1H3,(H,25,28). The largest absolute Gasteiger partial charge is 0.506 e. The fraction of sp³-hybridized carbons (Fsp3) is 0.143. The molecule has 1 amide bonds. The van der Waals surface area contributed by atoms with Gasteiger partial charge in [0.1, 0.15) is 24.0 Å². The molecule has 2 aromatic carbocycles. The van der Waals surface area contributed by atoms with Crippen molar-refractivity contribution < 1.29 is 14.3 Å². The molecule has 0 aliphatic carbocycles. The summed E-state index contributed by atoms with van der Waals surface area (Å²) in [7, 11) is 0. The zero-order valence-electron chi connectivity index (χ0n) is 15.9. The number of aryl methyl sites for hydroxylation is 1. The van der Waals surface area contributed by atoms with E-state index in [1.54, 1.807) is 30.1 Å². The number of rotatable bonds is 5. The summed E-state index contributed by atoms with van der Waals surface area (Å²) in [5.41, 5.74) is 2.03. The maximum Gasteiger partial charge on any atom is 0.340 e. The molecule has 4 aromatic rings. The first-order valence-corrected chi connectivity index (χ1v) is 9.44. The van der Waals surface area contributed by atoms with E-state index in [1.165, 1.54) is 18.5 Å². The third-order valence-corrected chi connectivity index (χ3v) is 5.04. The van der Waals surface area contributed by atoms with Gasteiger partial charge in [0.2, 0.25) is 5.91 Å². The van der Waals surface area contributed by atoms with Crippen LogP contribution in [-0.4, -0.2) is 25.8 Å². The van der Waals surface area contributed by atoms with E-state index < -0.39 is 5.63 Å². The molecule has 2 N–H and O–H groups in total. The number of nitrogens with zero attached hydrogens (tertiary/aromatic N) is 3. The Balaban J connectivity index is 1.50. The number of carbonyl (C=O) groups excluding carboxylic acids is 1. The van der Waals surface area contributed by atoms with Crippen LogP contribution >= 0.6 is 11.6 Å². The molecule has 0 atom stereocenters. The Hall–Kier alpha value is -3.65. The van der Waals surface area contributed by atoms with Gasteiger partial charge in [-0.25, -0.2) is 14.5 Å². The Morgan fingerprint density at radius 1 is 1.27 bits per heavy atom. The van der Waals surface area contributed by atoms with Gasteiger partial charge in [-0.1, -0.05) is 23.7 Å². The number of amides is 1. The maximum absolute atomic E-state index is 12.5. The summed E-state index contributed by atoms with van der Waals surface area (Å²) in [6.45, 7) is 2.29. The van der Waals surface area contributed by atoms with E-state index in [9.17, 15) is 14.7 Å². The maximum atomic E-state index is 12.5.